The summed E-state index contributed by atoms with van der Waals surface area (Å²) in [5.41, 5.74) is -1.37. The zero-order valence-electron chi connectivity index (χ0n) is 10.1. The Morgan fingerprint density at radius 2 is 2.05 bits per heavy atom. The van der Waals surface area contributed by atoms with Crippen molar-refractivity contribution in [2.45, 2.75) is 0 Å². The predicted molar refractivity (Wildman–Crippen MR) is 76.0 cm³/mol. The molecule has 0 atom stereocenters. The van der Waals surface area contributed by atoms with E-state index in [9.17, 15) is 14.4 Å². The Balaban J connectivity index is 1.98. The number of aromatic nitrogens is 2. The number of hydrogen-bond donors (Lipinski definition) is 3. The third-order valence-corrected chi connectivity index (χ3v) is 2.94. The van der Waals surface area contributed by atoms with Gasteiger partial charge in [0, 0.05) is 6.20 Å². The van der Waals surface area contributed by atoms with Gasteiger partial charge < -0.3 is 15.0 Å². The molecule has 7 nitrogen and oxygen atoms in total. The van der Waals surface area contributed by atoms with Crippen LogP contribution in [0.5, 0.6) is 5.75 Å². The van der Waals surface area contributed by atoms with Crippen LogP contribution in [0, 0.1) is 0 Å². The fraction of sp³-hybridized carbons (Fsp3) is 0.0833. The van der Waals surface area contributed by atoms with E-state index >= 15 is 0 Å². The number of rotatable bonds is 4. The van der Waals surface area contributed by atoms with Gasteiger partial charge >= 0.3 is 5.69 Å². The molecular formula is C12H10BrN3O4. The summed E-state index contributed by atoms with van der Waals surface area (Å²) in [5, 5.41) is 2.33. The van der Waals surface area contributed by atoms with E-state index in [-0.39, 0.29) is 12.3 Å². The Bertz CT molecular complexity index is 738. The number of H-pyrrole nitrogens is 2. The van der Waals surface area contributed by atoms with Crippen molar-refractivity contribution in [1.82, 2.24) is 9.97 Å². The molecule has 2 rings (SSSR count). The number of hydrogen-bond acceptors (Lipinski definition) is 4. The smallest absolute Gasteiger partial charge is 0.325 e. The van der Waals surface area contributed by atoms with Crippen LogP contribution in [0.1, 0.15) is 0 Å². The summed E-state index contributed by atoms with van der Waals surface area (Å²) in [6.07, 6.45) is 1.12. The molecule has 1 amide bonds. The molecule has 0 radical (unpaired) electrons. The predicted octanol–water partition coefficient (Wildman–Crippen LogP) is 0.843. The summed E-state index contributed by atoms with van der Waals surface area (Å²) in [5.74, 6) is -0.00340. The average Bonchev–Trinajstić information content (AvgIpc) is 2.41. The van der Waals surface area contributed by atoms with Gasteiger partial charge in [-0.3, -0.25) is 14.6 Å². The van der Waals surface area contributed by atoms with Gasteiger partial charge in [-0.25, -0.2) is 4.79 Å². The largest absolute Gasteiger partial charge is 0.483 e. The van der Waals surface area contributed by atoms with E-state index in [4.69, 9.17) is 4.74 Å². The lowest BCUT2D eigenvalue weighted by atomic mass is 10.3. The van der Waals surface area contributed by atoms with Crippen molar-refractivity contribution in [2.75, 3.05) is 11.9 Å². The minimum Gasteiger partial charge on any atom is -0.483 e. The molecule has 1 aromatic heterocycles. The Kier molecular flexibility index (Phi) is 4.36. The molecular weight excluding hydrogens is 330 g/mol. The Labute approximate surface area is 121 Å². The summed E-state index contributed by atoms with van der Waals surface area (Å²) in [7, 11) is 0. The molecule has 1 heterocycles. The first kappa shape index (κ1) is 14.1. The Hall–Kier alpha value is -2.35. The van der Waals surface area contributed by atoms with Crippen LogP contribution >= 0.6 is 15.9 Å². The molecule has 104 valence electrons. The molecule has 0 saturated carbocycles. The monoisotopic (exact) mass is 339 g/mol. The second-order valence-electron chi connectivity index (χ2n) is 3.75. The standard InChI is InChI=1S/C12H10BrN3O4/c13-7-3-1-2-4-9(7)20-6-10(17)15-8-5-14-12(19)16-11(8)18/h1-5H,6H2,(H,15,17)(H2,14,16,18,19). The summed E-state index contributed by atoms with van der Waals surface area (Å²) in [4.78, 5) is 38.1. The number of benzene rings is 1. The van der Waals surface area contributed by atoms with E-state index in [1.54, 1.807) is 18.2 Å². The molecule has 3 N–H and O–H groups in total. The highest BCUT2D eigenvalue weighted by atomic mass is 79.9. The van der Waals surface area contributed by atoms with Crippen LogP contribution in [0.2, 0.25) is 0 Å². The number of halogens is 1. The van der Waals surface area contributed by atoms with Gasteiger partial charge in [-0.1, -0.05) is 12.1 Å². The van der Waals surface area contributed by atoms with Gasteiger partial charge in [0.2, 0.25) is 0 Å². The molecule has 0 unspecified atom stereocenters. The molecule has 0 aliphatic rings. The second kappa shape index (κ2) is 6.20. The van der Waals surface area contributed by atoms with E-state index in [0.29, 0.717) is 5.75 Å². The van der Waals surface area contributed by atoms with Crippen LogP contribution < -0.4 is 21.3 Å². The minimum absolute atomic E-state index is 0.0506. The normalized spacial score (nSPS) is 10.1. The lowest BCUT2D eigenvalue weighted by Crippen LogP contribution is -2.28. The van der Waals surface area contributed by atoms with Crippen LogP contribution in [0.25, 0.3) is 0 Å². The van der Waals surface area contributed by atoms with Crippen molar-refractivity contribution >= 4 is 27.5 Å². The first-order chi connectivity index (χ1) is 9.56. The average molecular weight is 340 g/mol. The molecule has 2 aromatic rings. The van der Waals surface area contributed by atoms with E-state index in [2.05, 4.69) is 26.2 Å². The van der Waals surface area contributed by atoms with Gasteiger partial charge in [0.1, 0.15) is 11.4 Å². The van der Waals surface area contributed by atoms with Gasteiger partial charge in [0.25, 0.3) is 11.5 Å². The van der Waals surface area contributed by atoms with Crippen LogP contribution in [-0.2, 0) is 4.79 Å². The SMILES string of the molecule is O=C(COc1ccccc1Br)Nc1c[nH]c(=O)[nH]c1=O. The third kappa shape index (κ3) is 3.58. The van der Waals surface area contributed by atoms with Crippen LogP contribution in [0.15, 0.2) is 44.5 Å². The maximum Gasteiger partial charge on any atom is 0.325 e. The van der Waals surface area contributed by atoms with Gasteiger partial charge in [-0.2, -0.15) is 0 Å². The van der Waals surface area contributed by atoms with Crippen molar-refractivity contribution in [1.29, 1.82) is 0 Å². The molecule has 8 heteroatoms. The quantitative estimate of drug-likeness (QED) is 0.767. The van der Waals surface area contributed by atoms with Gasteiger partial charge in [-0.15, -0.1) is 0 Å². The van der Waals surface area contributed by atoms with Crippen molar-refractivity contribution < 1.29 is 9.53 Å². The number of amides is 1. The summed E-state index contributed by atoms with van der Waals surface area (Å²) in [6, 6.07) is 7.06. The van der Waals surface area contributed by atoms with Crippen molar-refractivity contribution in [3.63, 3.8) is 0 Å². The maximum atomic E-state index is 11.6. The Morgan fingerprint density at radius 3 is 2.75 bits per heavy atom. The molecule has 0 aliphatic carbocycles. The molecule has 0 saturated heterocycles. The number of aromatic amines is 2. The molecule has 0 spiro atoms. The van der Waals surface area contributed by atoms with Crippen LogP contribution in [0.4, 0.5) is 5.69 Å². The lowest BCUT2D eigenvalue weighted by Gasteiger charge is -2.08. The first-order valence-corrected chi connectivity index (χ1v) is 6.35. The summed E-state index contributed by atoms with van der Waals surface area (Å²) < 4.78 is 6.01. The topological polar surface area (TPSA) is 104 Å². The molecule has 20 heavy (non-hydrogen) atoms. The number of ether oxygens (including phenoxy) is 1. The lowest BCUT2D eigenvalue weighted by molar-refractivity contribution is -0.118. The summed E-state index contributed by atoms with van der Waals surface area (Å²) in [6.45, 7) is -0.263. The van der Waals surface area contributed by atoms with E-state index in [1.807, 2.05) is 11.1 Å². The van der Waals surface area contributed by atoms with Crippen LogP contribution in [-0.4, -0.2) is 22.5 Å². The first-order valence-electron chi connectivity index (χ1n) is 5.55. The fourth-order valence-corrected chi connectivity index (χ4v) is 1.79. The summed E-state index contributed by atoms with van der Waals surface area (Å²) >= 11 is 3.28. The number of carbonyl (C=O) groups is 1. The fourth-order valence-electron chi connectivity index (χ4n) is 1.39. The van der Waals surface area contributed by atoms with Gasteiger partial charge in [0.05, 0.1) is 4.47 Å². The van der Waals surface area contributed by atoms with E-state index in [0.717, 1.165) is 10.7 Å². The molecule has 0 fully saturated rings. The number of carbonyl (C=O) groups excluding carboxylic acids is 1. The highest BCUT2D eigenvalue weighted by Crippen LogP contribution is 2.23. The Morgan fingerprint density at radius 1 is 1.30 bits per heavy atom. The van der Waals surface area contributed by atoms with Crippen molar-refractivity contribution in [3.05, 3.63) is 55.8 Å². The van der Waals surface area contributed by atoms with Crippen molar-refractivity contribution in [3.8, 4) is 5.75 Å². The van der Waals surface area contributed by atoms with E-state index < -0.39 is 17.2 Å². The number of anilines is 1. The highest BCUT2D eigenvalue weighted by Gasteiger charge is 2.08. The molecule has 0 aliphatic heterocycles. The third-order valence-electron chi connectivity index (χ3n) is 2.29. The molecule has 0 bridgehead atoms. The maximum absolute atomic E-state index is 11.6. The minimum atomic E-state index is -0.678. The number of para-hydroxylation sites is 1. The molecule has 1 aromatic carbocycles. The van der Waals surface area contributed by atoms with Crippen LogP contribution in [0.3, 0.4) is 0 Å². The highest BCUT2D eigenvalue weighted by molar-refractivity contribution is 9.10. The van der Waals surface area contributed by atoms with Gasteiger partial charge in [0.15, 0.2) is 6.61 Å². The zero-order chi connectivity index (χ0) is 14.5. The van der Waals surface area contributed by atoms with Crippen molar-refractivity contribution in [2.24, 2.45) is 0 Å². The number of nitrogens with one attached hydrogen (secondary N) is 3. The zero-order valence-corrected chi connectivity index (χ0v) is 11.7. The van der Waals surface area contributed by atoms with Gasteiger partial charge in [-0.05, 0) is 28.1 Å². The second-order valence-corrected chi connectivity index (χ2v) is 4.61. The van der Waals surface area contributed by atoms with E-state index in [1.165, 1.54) is 0 Å².